The van der Waals surface area contributed by atoms with Crippen LogP contribution in [0.5, 0.6) is 0 Å². The van der Waals surface area contributed by atoms with Gasteiger partial charge >= 0.3 is 33.3 Å². The van der Waals surface area contributed by atoms with Crippen LogP contribution < -0.4 is 0 Å². The molecule has 1 N–H and O–H groups in total. The van der Waals surface area contributed by atoms with E-state index in [-0.39, 0.29) is 0 Å². The summed E-state index contributed by atoms with van der Waals surface area (Å²) in [5.74, 6) is -5.17. The number of halogens is 2. The molecule has 17 heavy (non-hydrogen) atoms. The van der Waals surface area contributed by atoms with Gasteiger partial charge in [0.25, 0.3) is 0 Å². The van der Waals surface area contributed by atoms with Crippen molar-refractivity contribution in [2.45, 2.75) is 17.8 Å². The number of esters is 3. The van der Waals surface area contributed by atoms with Gasteiger partial charge in [-0.25, -0.2) is 9.59 Å². The molecule has 8 nitrogen and oxygen atoms in total. The van der Waals surface area contributed by atoms with Crippen molar-refractivity contribution < 1.29 is 45.6 Å². The second-order valence-corrected chi connectivity index (χ2v) is 4.35. The van der Waals surface area contributed by atoms with Gasteiger partial charge in [-0.05, 0) is 0 Å². The van der Waals surface area contributed by atoms with Crippen LogP contribution in [0.15, 0.2) is 0 Å². The maximum Gasteiger partial charge on any atom is 0.465 e. The van der Waals surface area contributed by atoms with Gasteiger partial charge in [0.2, 0.25) is 6.10 Å². The van der Waals surface area contributed by atoms with Crippen molar-refractivity contribution in [2.75, 3.05) is 0 Å². The molecule has 0 aromatic rings. The van der Waals surface area contributed by atoms with Crippen molar-refractivity contribution in [1.29, 1.82) is 0 Å². The van der Waals surface area contributed by atoms with Gasteiger partial charge in [0.1, 0.15) is 0 Å². The van der Waals surface area contributed by atoms with Gasteiger partial charge in [-0.1, -0.05) is 0 Å². The Balaban J connectivity index is 2.81. The summed E-state index contributed by atoms with van der Waals surface area (Å²) in [6.45, 7) is 0. The second kappa shape index (κ2) is 4.00. The maximum absolute atomic E-state index is 12.7. The number of carbonyl (C=O) groups excluding carboxylic acids is 3. The molecule has 0 aromatic carbocycles. The highest BCUT2D eigenvalue weighted by Crippen LogP contribution is 2.24. The van der Waals surface area contributed by atoms with Crippen LogP contribution in [-0.4, -0.2) is 42.2 Å². The number of hydrogen-bond acceptors (Lipinski definition) is 7. The highest BCUT2D eigenvalue weighted by molar-refractivity contribution is 7.87. The topological polar surface area (TPSA) is 124 Å². The molecule has 11 heteroatoms. The van der Waals surface area contributed by atoms with E-state index in [2.05, 4.69) is 9.47 Å². The van der Waals surface area contributed by atoms with E-state index in [1.807, 2.05) is 0 Å². The van der Waals surface area contributed by atoms with Crippen molar-refractivity contribution in [3.05, 3.63) is 0 Å². The molecule has 1 saturated heterocycles. The number of cyclic esters (lactones) is 2. The molecular weight excluding hydrogens is 270 g/mol. The fourth-order valence-electron chi connectivity index (χ4n) is 0.847. The first-order valence-electron chi connectivity index (χ1n) is 3.86. The van der Waals surface area contributed by atoms with Crippen molar-refractivity contribution in [2.24, 2.45) is 0 Å². The lowest BCUT2D eigenvalue weighted by molar-refractivity contribution is -0.173. The molecule has 0 spiro atoms. The molecule has 0 radical (unpaired) electrons. The SMILES string of the molecule is O=C1CC(OC(=O)C(F)(F)S(=O)(=O)O)C(=O)O1. The van der Waals surface area contributed by atoms with Crippen LogP contribution in [0, 0.1) is 0 Å². The fraction of sp³-hybridized carbons (Fsp3) is 0.500. The van der Waals surface area contributed by atoms with Crippen LogP contribution >= 0.6 is 0 Å². The van der Waals surface area contributed by atoms with Crippen LogP contribution in [0.4, 0.5) is 8.78 Å². The Morgan fingerprint density at radius 1 is 1.47 bits per heavy atom. The molecule has 0 saturated carbocycles. The average molecular weight is 274 g/mol. The fourth-order valence-corrected chi connectivity index (χ4v) is 1.11. The standard InChI is InChI=1S/C6H4F2O8S/c7-6(8,17(12,13)14)5(11)15-2-1-3(9)16-4(2)10/h2H,1H2,(H,12,13,14). The summed E-state index contributed by atoms with van der Waals surface area (Å²) in [7, 11) is -6.02. The molecule has 0 aromatic heterocycles. The Bertz CT molecular complexity index is 480. The van der Waals surface area contributed by atoms with E-state index in [0.717, 1.165) is 0 Å². The van der Waals surface area contributed by atoms with E-state index >= 15 is 0 Å². The first kappa shape index (κ1) is 13.4. The minimum Gasteiger partial charge on any atom is -0.444 e. The molecule has 1 fully saturated rings. The number of rotatable bonds is 3. The van der Waals surface area contributed by atoms with Gasteiger partial charge in [-0.15, -0.1) is 0 Å². The lowest BCUT2D eigenvalue weighted by Crippen LogP contribution is -2.41. The molecule has 0 bridgehead atoms. The lowest BCUT2D eigenvalue weighted by atomic mass is 10.3. The Kier molecular flexibility index (Phi) is 3.16. The molecule has 1 aliphatic heterocycles. The predicted octanol–water partition coefficient (Wildman–Crippen LogP) is -1.15. The molecule has 96 valence electrons. The van der Waals surface area contributed by atoms with Gasteiger partial charge in [0.05, 0.1) is 6.42 Å². The minimum absolute atomic E-state index is 0.799. The monoisotopic (exact) mass is 274 g/mol. The molecule has 0 amide bonds. The smallest absolute Gasteiger partial charge is 0.444 e. The zero-order valence-corrected chi connectivity index (χ0v) is 8.57. The van der Waals surface area contributed by atoms with E-state index in [1.165, 1.54) is 0 Å². The van der Waals surface area contributed by atoms with Crippen molar-refractivity contribution in [3.63, 3.8) is 0 Å². The molecule has 1 rings (SSSR count). The van der Waals surface area contributed by atoms with Crippen LogP contribution in [0.25, 0.3) is 0 Å². The number of ether oxygens (including phenoxy) is 2. The zero-order valence-electron chi connectivity index (χ0n) is 7.75. The third-order valence-corrected chi connectivity index (χ3v) is 2.45. The summed E-state index contributed by atoms with van der Waals surface area (Å²) in [5.41, 5.74) is 0. The Morgan fingerprint density at radius 3 is 2.35 bits per heavy atom. The molecule has 1 heterocycles. The first-order chi connectivity index (χ1) is 7.55. The molecular formula is C6H4F2O8S. The van der Waals surface area contributed by atoms with Crippen molar-refractivity contribution in [3.8, 4) is 0 Å². The lowest BCUT2D eigenvalue weighted by Gasteiger charge is -2.13. The van der Waals surface area contributed by atoms with Gasteiger partial charge < -0.3 is 9.47 Å². The summed E-state index contributed by atoms with van der Waals surface area (Å²) in [5, 5.41) is -5.22. The summed E-state index contributed by atoms with van der Waals surface area (Å²) in [6, 6.07) is 0. The summed E-state index contributed by atoms with van der Waals surface area (Å²) in [6.07, 6.45) is -2.74. The van der Waals surface area contributed by atoms with Gasteiger partial charge in [-0.3, -0.25) is 9.35 Å². The average Bonchev–Trinajstić information content (AvgIpc) is 2.43. The minimum atomic E-state index is -6.02. The maximum atomic E-state index is 12.7. The van der Waals surface area contributed by atoms with Crippen LogP contribution in [0.1, 0.15) is 6.42 Å². The number of carbonyl (C=O) groups is 3. The van der Waals surface area contributed by atoms with Crippen LogP contribution in [0.2, 0.25) is 0 Å². The van der Waals surface area contributed by atoms with Crippen molar-refractivity contribution in [1.82, 2.24) is 0 Å². The van der Waals surface area contributed by atoms with E-state index in [4.69, 9.17) is 4.55 Å². The highest BCUT2D eigenvalue weighted by Gasteiger charge is 2.56. The van der Waals surface area contributed by atoms with Crippen LogP contribution in [-0.2, 0) is 34.0 Å². The molecule has 1 atom stereocenters. The Labute approximate surface area is 92.2 Å². The normalized spacial score (nSPS) is 21.2. The van der Waals surface area contributed by atoms with Gasteiger partial charge in [0, 0.05) is 0 Å². The summed E-state index contributed by atoms with van der Waals surface area (Å²) >= 11 is 0. The summed E-state index contributed by atoms with van der Waals surface area (Å²) < 4.78 is 61.2. The molecule has 1 unspecified atom stereocenters. The van der Waals surface area contributed by atoms with E-state index < -0.39 is 45.8 Å². The quantitative estimate of drug-likeness (QED) is 0.388. The zero-order chi connectivity index (χ0) is 13.4. The third kappa shape index (κ3) is 2.55. The Hall–Kier alpha value is -1.62. The van der Waals surface area contributed by atoms with Crippen molar-refractivity contribution >= 4 is 28.0 Å². The second-order valence-electron chi connectivity index (χ2n) is 2.88. The van der Waals surface area contributed by atoms with Gasteiger partial charge in [0.15, 0.2) is 0 Å². The van der Waals surface area contributed by atoms with Gasteiger partial charge in [-0.2, -0.15) is 17.2 Å². The number of hydrogen-bond donors (Lipinski definition) is 1. The van der Waals surface area contributed by atoms with E-state index in [0.29, 0.717) is 0 Å². The largest absolute Gasteiger partial charge is 0.465 e. The van der Waals surface area contributed by atoms with E-state index in [9.17, 15) is 31.6 Å². The highest BCUT2D eigenvalue weighted by atomic mass is 32.2. The number of alkyl halides is 2. The predicted molar refractivity (Wildman–Crippen MR) is 42.1 cm³/mol. The third-order valence-electron chi connectivity index (χ3n) is 1.64. The summed E-state index contributed by atoms with van der Waals surface area (Å²) in [4.78, 5) is 31.9. The molecule has 0 aliphatic carbocycles. The molecule has 1 aliphatic rings. The van der Waals surface area contributed by atoms with Crippen LogP contribution in [0.3, 0.4) is 0 Å². The Morgan fingerprint density at radius 2 is 2.00 bits per heavy atom. The van der Waals surface area contributed by atoms with E-state index in [1.54, 1.807) is 0 Å². The first-order valence-corrected chi connectivity index (χ1v) is 5.30.